The van der Waals surface area contributed by atoms with Gasteiger partial charge in [0.05, 0.1) is 31.7 Å². The number of primary amides is 2. The van der Waals surface area contributed by atoms with Gasteiger partial charge in [0, 0.05) is 125 Å². The summed E-state index contributed by atoms with van der Waals surface area (Å²) in [4.78, 5) is 268. The summed E-state index contributed by atoms with van der Waals surface area (Å²) >= 11 is 0.759. The fraction of sp³-hybridized carbons (Fsp3) is 0.517. The van der Waals surface area contributed by atoms with E-state index in [2.05, 4.69) is 78.4 Å². The largest absolute Gasteiger partial charge is 0.508 e. The SMILES string of the molecule is CCCC[C@H]1C(=O)N(C)[C@@H](CCCC)C(=O)N[C@@H](CCCNC(=N)N)C(=O)N[C@H](C(=O)NCC(N)=O)CSCC(=O)N[C@@H](Cc2ccc(O)cc2)C(=O)N(C)[C@@H](C)C(=O)N[C@H](CC(N)=O)C(=O)N2CCC[C@H]2C(=O)N[C@@H](Cc2cnc[nH]2)C(=O)N[C@@H](CCO)C(=O)N2CCC[C@H]2C(=O)N[C@@H](Cc2c[nH]c3ccccc23)C(=O)N[C@@H](CO)C(=O)N[C@@H](Cc2c[nH]c3ccccc23)C(=O)N1C. The summed E-state index contributed by atoms with van der Waals surface area (Å²) in [6.07, 6.45) is 5.30. The van der Waals surface area contributed by atoms with Gasteiger partial charge in [-0.3, -0.25) is 86.9 Å². The van der Waals surface area contributed by atoms with Crippen molar-refractivity contribution in [3.63, 3.8) is 0 Å². The van der Waals surface area contributed by atoms with Crippen LogP contribution in [0.25, 0.3) is 21.8 Å². The van der Waals surface area contributed by atoms with E-state index >= 15 is 33.6 Å². The summed E-state index contributed by atoms with van der Waals surface area (Å²) < 4.78 is 0. The number of guanidine groups is 1. The van der Waals surface area contributed by atoms with E-state index < -0.39 is 235 Å². The molecule has 3 aliphatic rings. The number of aromatic hydroxyl groups is 1. The van der Waals surface area contributed by atoms with E-state index in [0.29, 0.717) is 69.9 Å². The number of unbranched alkanes of at least 4 members (excludes halogenated alkanes) is 2. The van der Waals surface area contributed by atoms with Crippen LogP contribution in [-0.2, 0) is 107 Å². The first-order chi connectivity index (χ1) is 64.0. The Balaban J connectivity index is 1.09. The fourth-order valence-corrected chi connectivity index (χ4v) is 17.3. The van der Waals surface area contributed by atoms with E-state index in [1.54, 1.807) is 60.9 Å². The highest BCUT2D eigenvalue weighted by molar-refractivity contribution is 8.00. The molecule has 3 fully saturated rings. The summed E-state index contributed by atoms with van der Waals surface area (Å²) in [5, 5.41) is 70.0. The molecule has 134 heavy (non-hydrogen) atoms. The third-order valence-electron chi connectivity index (χ3n) is 24.0. The van der Waals surface area contributed by atoms with Crippen molar-refractivity contribution < 1.29 is 96.8 Å². The number of aliphatic hydroxyl groups is 2. The normalized spacial score (nSPS) is 24.3. The van der Waals surface area contributed by atoms with Gasteiger partial charge in [-0.2, -0.15) is 0 Å². The smallest absolute Gasteiger partial charge is 0.246 e. The Hall–Kier alpha value is -13.7. The van der Waals surface area contributed by atoms with E-state index in [1.807, 2.05) is 13.8 Å². The number of imidazole rings is 1. The van der Waals surface area contributed by atoms with Crippen LogP contribution in [0.3, 0.4) is 0 Å². The number of nitrogens with one attached hydrogen (secondary N) is 15. The van der Waals surface area contributed by atoms with E-state index in [0.717, 1.165) is 31.4 Å². The number of fused-ring (bicyclic) bond motifs is 4. The van der Waals surface area contributed by atoms with Crippen molar-refractivity contribution in [3.8, 4) is 5.75 Å². The zero-order valence-corrected chi connectivity index (χ0v) is 76.6. The van der Waals surface area contributed by atoms with Crippen LogP contribution < -0.4 is 75.7 Å². The number of amides is 17. The van der Waals surface area contributed by atoms with Crippen molar-refractivity contribution >= 4 is 140 Å². The highest BCUT2D eigenvalue weighted by Gasteiger charge is 2.46. The fourth-order valence-electron chi connectivity index (χ4n) is 16.5. The Morgan fingerprint density at radius 1 is 0.507 bits per heavy atom. The van der Waals surface area contributed by atoms with E-state index in [-0.39, 0.29) is 102 Å². The summed E-state index contributed by atoms with van der Waals surface area (Å²) in [6, 6.07) is -2.07. The molecule has 3 aromatic heterocycles. The van der Waals surface area contributed by atoms with Gasteiger partial charge in [-0.05, 0) is 106 Å². The maximum atomic E-state index is 15.7. The second-order valence-electron chi connectivity index (χ2n) is 33.7. The van der Waals surface area contributed by atoms with Crippen LogP contribution in [0.1, 0.15) is 133 Å². The lowest BCUT2D eigenvalue weighted by Gasteiger charge is -2.36. The van der Waals surface area contributed by atoms with Crippen LogP contribution in [0.2, 0.25) is 0 Å². The second-order valence-corrected chi connectivity index (χ2v) is 34.7. The summed E-state index contributed by atoms with van der Waals surface area (Å²) in [5.74, 6) is -17.6. The predicted octanol–water partition coefficient (Wildman–Crippen LogP) is -3.56. The first-order valence-corrected chi connectivity index (χ1v) is 45.9. The number of carbonyl (C=O) groups is 17. The minimum atomic E-state index is -1.87. The molecule has 17 amide bonds. The Bertz CT molecular complexity index is 5170. The highest BCUT2D eigenvalue weighted by atomic mass is 32.2. The van der Waals surface area contributed by atoms with Crippen LogP contribution in [0.5, 0.6) is 5.75 Å². The van der Waals surface area contributed by atoms with Crippen LogP contribution in [0, 0.1) is 5.41 Å². The van der Waals surface area contributed by atoms with Gasteiger partial charge >= 0.3 is 0 Å². The number of para-hydroxylation sites is 2. The predicted molar refractivity (Wildman–Crippen MR) is 491 cm³/mol. The molecule has 3 saturated heterocycles. The number of hydrogen-bond donors (Lipinski definition) is 21. The third-order valence-corrected chi connectivity index (χ3v) is 25.0. The Labute approximate surface area is 777 Å². The lowest BCUT2D eigenvalue weighted by molar-refractivity contribution is -0.149. The number of aromatic nitrogens is 4. The molecule has 726 valence electrons. The number of rotatable bonds is 26. The number of aliphatic hydroxyl groups excluding tert-OH is 2. The van der Waals surface area contributed by atoms with Gasteiger partial charge in [0.2, 0.25) is 100 Å². The Kier molecular flexibility index (Phi) is 39.0. The molecule has 45 heteroatoms. The summed E-state index contributed by atoms with van der Waals surface area (Å²) in [5.41, 5.74) is 19.8. The molecule has 0 bridgehead atoms. The zero-order chi connectivity index (χ0) is 97.6. The number of phenols is 1. The molecule has 0 radical (unpaired) electrons. The first kappa shape index (κ1) is 104. The van der Waals surface area contributed by atoms with Gasteiger partial charge in [-0.15, -0.1) is 11.8 Å². The topological polar surface area (TPSA) is 662 Å². The van der Waals surface area contributed by atoms with E-state index in [9.17, 15) is 63.3 Å². The number of thioether (sulfide) groups is 1. The van der Waals surface area contributed by atoms with Gasteiger partial charge in [-0.25, -0.2) is 4.98 Å². The molecule has 44 nitrogen and oxygen atoms in total. The van der Waals surface area contributed by atoms with Crippen molar-refractivity contribution in [1.29, 1.82) is 5.41 Å². The van der Waals surface area contributed by atoms with E-state index in [4.69, 9.17) is 22.6 Å². The monoisotopic (exact) mass is 1880 g/mol. The van der Waals surface area contributed by atoms with Crippen LogP contribution in [0.15, 0.2) is 97.7 Å². The number of H-pyrrole nitrogens is 3. The van der Waals surface area contributed by atoms with Gasteiger partial charge in [-0.1, -0.05) is 88.1 Å². The highest BCUT2D eigenvalue weighted by Crippen LogP contribution is 2.28. The molecule has 14 atom stereocenters. The Morgan fingerprint density at radius 3 is 1.57 bits per heavy atom. The minimum Gasteiger partial charge on any atom is -0.508 e. The molecule has 6 aromatic rings. The lowest BCUT2D eigenvalue weighted by atomic mass is 10.00. The van der Waals surface area contributed by atoms with Gasteiger partial charge in [0.25, 0.3) is 0 Å². The van der Waals surface area contributed by atoms with Gasteiger partial charge < -0.3 is 130 Å². The molecule has 0 saturated carbocycles. The first-order valence-electron chi connectivity index (χ1n) is 44.7. The zero-order valence-electron chi connectivity index (χ0n) is 75.8. The van der Waals surface area contributed by atoms with Crippen molar-refractivity contribution in [2.45, 2.75) is 221 Å². The molecule has 3 aliphatic heterocycles. The number of likely N-dealkylation sites (N-methyl/N-ethyl adjacent to an activating group) is 3. The molecule has 0 aliphatic carbocycles. The number of phenolic OH excluding ortho intramolecular Hbond substituents is 1. The molecule has 6 heterocycles. The average molecular weight is 1880 g/mol. The summed E-state index contributed by atoms with van der Waals surface area (Å²) in [6.45, 7) is 2.20. The second kappa shape index (κ2) is 50.2. The number of carbonyl (C=O) groups excluding carboxylic acids is 17. The molecular formula is C89H124N24O20S. The molecule has 9 rings (SSSR count). The molecule has 3 aromatic carbocycles. The number of benzene rings is 3. The molecule has 0 spiro atoms. The van der Waals surface area contributed by atoms with Gasteiger partial charge in [0.15, 0.2) is 5.96 Å². The Morgan fingerprint density at radius 2 is 1.01 bits per heavy atom. The lowest BCUT2D eigenvalue weighted by Crippen LogP contribution is -2.62. The standard InChI is InChI=1S/C89H124N24O20S/c1-7-9-23-68-81(126)101-59(22-15-32-95-89(92)93)77(122)108-67(76(121)98-44-73(91)118)46-134-47-74(119)100-63(36-50-27-29-54(116)30-28-50)84(129)109(4)49(3)75(120)105-65(40-72(90)117)87(132)113-34-17-26-70(113)83(128)104-62(39-53-43-94-48-99-53)79(124)102-60(31-35-114)86(131)112-33-16-25-69(112)82(127)103-61(37-51-41-96-57-20-13-11-18-55(51)57)78(123)107-66(45-115)80(125)106-64(38-52-42-97-58-21-14-12-19-56(52)58)85(130)111(6)71(24-10-8-2)88(133)110(68)5/h11-14,18-21,27-30,41-43,48-49,59-71,96-97,114-116H,7-10,15-17,22-26,31-40,44-47H2,1-6H3,(H2,90,117)(H2,91,118)(H,94,99)(H,98,121)(H,100,119)(H,101,126)(H,102,124)(H,103,127)(H,104,128)(H,105,120)(H,106,125)(H,107,123)(H,108,122)(H4,92,93,95)/t49-,59-,60-,61-,62-,63-,64-,65+,66-,67-,68-,69-,70-,71-/m0/s1. The van der Waals surface area contributed by atoms with Crippen LogP contribution in [0.4, 0.5) is 0 Å². The number of nitrogens with two attached hydrogens (primary N) is 3. The maximum Gasteiger partial charge on any atom is 0.246 e. The van der Waals surface area contributed by atoms with Crippen molar-refractivity contribution in [1.82, 2.24) is 103 Å². The van der Waals surface area contributed by atoms with Crippen molar-refractivity contribution in [2.75, 3.05) is 72.0 Å². The number of aromatic amines is 3. The van der Waals surface area contributed by atoms with E-state index in [1.165, 1.54) is 69.8 Å². The van der Waals surface area contributed by atoms with Crippen molar-refractivity contribution in [2.24, 2.45) is 17.2 Å². The molecule has 24 N–H and O–H groups in total. The van der Waals surface area contributed by atoms with Crippen LogP contribution in [-0.4, -0.2) is 323 Å². The summed E-state index contributed by atoms with van der Waals surface area (Å²) in [7, 11) is 3.90. The third kappa shape index (κ3) is 28.7. The molecular weight excluding hydrogens is 1760 g/mol. The quantitative estimate of drug-likeness (QED) is 0.0142. The maximum absolute atomic E-state index is 15.7. The molecule has 0 unspecified atom stereocenters. The minimum absolute atomic E-state index is 0.00581. The van der Waals surface area contributed by atoms with Crippen LogP contribution >= 0.6 is 11.8 Å². The van der Waals surface area contributed by atoms with Gasteiger partial charge in [0.1, 0.15) is 90.3 Å². The average Bonchev–Trinajstić information content (AvgIpc) is 1.44. The van der Waals surface area contributed by atoms with Crippen molar-refractivity contribution in [3.05, 3.63) is 120 Å². The number of hydrogen-bond acceptors (Lipinski definition) is 23. The number of nitrogens with zero attached hydrogens (tertiary/aromatic N) is 6.